The Kier molecular flexibility index (Phi) is 3.32. The predicted octanol–water partition coefficient (Wildman–Crippen LogP) is 3.29. The van der Waals surface area contributed by atoms with Crippen LogP contribution >= 0.6 is 0 Å². The molecule has 2 aliphatic rings. The Balaban J connectivity index is 1.52. The minimum atomic E-state index is 0.342. The van der Waals surface area contributed by atoms with Gasteiger partial charge in [0.05, 0.1) is 7.11 Å². The van der Waals surface area contributed by atoms with E-state index < -0.39 is 0 Å². The molecule has 1 aliphatic heterocycles. The molecule has 22 heavy (non-hydrogen) atoms. The standard InChI is InChI=1S/C18H22N2O2/c1-22-14-4-5-17-15(10-14)16(11-19-17)12-6-8-20(9-7-12)18(21)13-2-3-13/h4-5,10-13,19H,2-3,6-9H2,1H3. The molecule has 4 heteroatoms. The van der Waals surface area contributed by atoms with Gasteiger partial charge in [-0.3, -0.25) is 4.79 Å². The van der Waals surface area contributed by atoms with Crippen molar-refractivity contribution in [3.63, 3.8) is 0 Å². The number of aromatic nitrogens is 1. The molecule has 1 aromatic heterocycles. The number of carbonyl (C=O) groups is 1. The van der Waals surface area contributed by atoms with Gasteiger partial charge in [0, 0.05) is 36.1 Å². The molecular formula is C18H22N2O2. The van der Waals surface area contributed by atoms with Crippen LogP contribution in [0.2, 0.25) is 0 Å². The monoisotopic (exact) mass is 298 g/mol. The lowest BCUT2D eigenvalue weighted by Crippen LogP contribution is -2.38. The van der Waals surface area contributed by atoms with E-state index >= 15 is 0 Å². The van der Waals surface area contributed by atoms with Crippen molar-refractivity contribution >= 4 is 16.8 Å². The molecule has 4 rings (SSSR count). The molecule has 2 heterocycles. The van der Waals surface area contributed by atoms with Gasteiger partial charge in [-0.2, -0.15) is 0 Å². The minimum Gasteiger partial charge on any atom is -0.497 e. The number of rotatable bonds is 3. The van der Waals surface area contributed by atoms with Gasteiger partial charge >= 0.3 is 0 Å². The third-order valence-electron chi connectivity index (χ3n) is 5.09. The van der Waals surface area contributed by atoms with Gasteiger partial charge in [-0.05, 0) is 55.4 Å². The van der Waals surface area contributed by atoms with E-state index in [2.05, 4.69) is 28.2 Å². The van der Waals surface area contributed by atoms with Crippen LogP contribution in [0, 0.1) is 5.92 Å². The van der Waals surface area contributed by atoms with Gasteiger partial charge in [-0.25, -0.2) is 0 Å². The Labute approximate surface area is 130 Å². The molecule has 2 fully saturated rings. The van der Waals surface area contributed by atoms with Gasteiger partial charge in [-0.1, -0.05) is 0 Å². The highest BCUT2D eigenvalue weighted by Gasteiger charge is 2.35. The molecular weight excluding hydrogens is 276 g/mol. The molecule has 0 spiro atoms. The number of methoxy groups -OCH3 is 1. The highest BCUT2D eigenvalue weighted by atomic mass is 16.5. The molecule has 1 aromatic carbocycles. The summed E-state index contributed by atoms with van der Waals surface area (Å²) < 4.78 is 5.35. The number of nitrogens with zero attached hydrogens (tertiary/aromatic N) is 1. The quantitative estimate of drug-likeness (QED) is 0.945. The van der Waals surface area contributed by atoms with Gasteiger partial charge in [0.2, 0.25) is 5.91 Å². The summed E-state index contributed by atoms with van der Waals surface area (Å²) in [5.74, 6) is 2.16. The zero-order chi connectivity index (χ0) is 15.1. The van der Waals surface area contributed by atoms with Crippen molar-refractivity contribution in [3.8, 4) is 5.75 Å². The second-order valence-electron chi connectivity index (χ2n) is 6.53. The van der Waals surface area contributed by atoms with Crippen molar-refractivity contribution in [3.05, 3.63) is 30.0 Å². The highest BCUT2D eigenvalue weighted by Crippen LogP contribution is 2.37. The van der Waals surface area contributed by atoms with Crippen LogP contribution in [0.1, 0.15) is 37.2 Å². The molecule has 0 bridgehead atoms. The molecule has 1 N–H and O–H groups in total. The number of hydrogen-bond acceptors (Lipinski definition) is 2. The summed E-state index contributed by atoms with van der Waals surface area (Å²) in [6.45, 7) is 1.80. The third-order valence-corrected chi connectivity index (χ3v) is 5.09. The maximum Gasteiger partial charge on any atom is 0.225 e. The average molecular weight is 298 g/mol. The van der Waals surface area contributed by atoms with Crippen LogP contribution in [0.3, 0.4) is 0 Å². The first-order chi connectivity index (χ1) is 10.8. The maximum atomic E-state index is 12.2. The molecule has 4 nitrogen and oxygen atoms in total. The summed E-state index contributed by atoms with van der Waals surface area (Å²) in [4.78, 5) is 17.6. The number of amides is 1. The molecule has 0 radical (unpaired) electrons. The van der Waals surface area contributed by atoms with Crippen LogP contribution in [0.25, 0.3) is 10.9 Å². The van der Waals surface area contributed by atoms with E-state index in [0.29, 0.717) is 17.7 Å². The second kappa shape index (κ2) is 5.34. The molecule has 1 amide bonds. The number of benzene rings is 1. The number of ether oxygens (including phenoxy) is 1. The van der Waals surface area contributed by atoms with Gasteiger partial charge in [0.25, 0.3) is 0 Å². The lowest BCUT2D eigenvalue weighted by atomic mass is 9.89. The summed E-state index contributed by atoms with van der Waals surface area (Å²) >= 11 is 0. The fourth-order valence-electron chi connectivity index (χ4n) is 3.59. The fraction of sp³-hybridized carbons (Fsp3) is 0.500. The van der Waals surface area contributed by atoms with Gasteiger partial charge < -0.3 is 14.6 Å². The molecule has 116 valence electrons. The number of fused-ring (bicyclic) bond motifs is 1. The first-order valence-corrected chi connectivity index (χ1v) is 8.20. The Bertz CT molecular complexity index is 694. The first-order valence-electron chi connectivity index (χ1n) is 8.20. The molecule has 2 aromatic rings. The van der Waals surface area contributed by atoms with E-state index in [0.717, 1.165) is 50.0 Å². The van der Waals surface area contributed by atoms with Gasteiger partial charge in [0.15, 0.2) is 0 Å². The minimum absolute atomic E-state index is 0.342. The Hall–Kier alpha value is -1.97. The second-order valence-corrected chi connectivity index (χ2v) is 6.53. The number of aromatic amines is 1. The molecule has 0 unspecified atom stereocenters. The van der Waals surface area contributed by atoms with Crippen LogP contribution in [0.4, 0.5) is 0 Å². The van der Waals surface area contributed by atoms with E-state index in [-0.39, 0.29) is 0 Å². The highest BCUT2D eigenvalue weighted by molar-refractivity contribution is 5.85. The molecule has 1 saturated carbocycles. The smallest absolute Gasteiger partial charge is 0.225 e. The Morgan fingerprint density at radius 2 is 2.00 bits per heavy atom. The van der Waals surface area contributed by atoms with Crippen LogP contribution < -0.4 is 4.74 Å². The Morgan fingerprint density at radius 1 is 1.23 bits per heavy atom. The van der Waals surface area contributed by atoms with E-state index in [1.54, 1.807) is 7.11 Å². The largest absolute Gasteiger partial charge is 0.497 e. The average Bonchev–Trinajstić information content (AvgIpc) is 3.33. The van der Waals surface area contributed by atoms with Crippen molar-refractivity contribution in [1.82, 2.24) is 9.88 Å². The van der Waals surface area contributed by atoms with Gasteiger partial charge in [-0.15, -0.1) is 0 Å². The van der Waals surface area contributed by atoms with Crippen LogP contribution in [0.5, 0.6) is 5.75 Å². The summed E-state index contributed by atoms with van der Waals surface area (Å²) in [6, 6.07) is 6.17. The number of hydrogen-bond donors (Lipinski definition) is 1. The normalized spacial score (nSPS) is 19.6. The lowest BCUT2D eigenvalue weighted by molar-refractivity contribution is -0.133. The van der Waals surface area contributed by atoms with Crippen molar-refractivity contribution in [2.75, 3.05) is 20.2 Å². The van der Waals surface area contributed by atoms with E-state index in [9.17, 15) is 4.79 Å². The van der Waals surface area contributed by atoms with E-state index in [1.807, 2.05) is 6.07 Å². The molecule has 0 atom stereocenters. The third kappa shape index (κ3) is 2.36. The van der Waals surface area contributed by atoms with Crippen molar-refractivity contribution in [2.45, 2.75) is 31.6 Å². The van der Waals surface area contributed by atoms with Crippen molar-refractivity contribution in [1.29, 1.82) is 0 Å². The fourth-order valence-corrected chi connectivity index (χ4v) is 3.59. The first kappa shape index (κ1) is 13.7. The summed E-state index contributed by atoms with van der Waals surface area (Å²) in [6.07, 6.45) is 6.44. The number of nitrogens with one attached hydrogen (secondary N) is 1. The van der Waals surface area contributed by atoms with Crippen LogP contribution in [-0.4, -0.2) is 36.0 Å². The van der Waals surface area contributed by atoms with E-state index in [4.69, 9.17) is 4.74 Å². The van der Waals surface area contributed by atoms with Crippen molar-refractivity contribution in [2.24, 2.45) is 5.92 Å². The maximum absolute atomic E-state index is 12.2. The SMILES string of the molecule is COc1ccc2[nH]cc(C3CCN(C(=O)C4CC4)CC3)c2c1. The van der Waals surface area contributed by atoms with Crippen LogP contribution in [0.15, 0.2) is 24.4 Å². The zero-order valence-electron chi connectivity index (χ0n) is 13.0. The predicted molar refractivity (Wildman–Crippen MR) is 86.1 cm³/mol. The molecule has 1 saturated heterocycles. The number of carbonyl (C=O) groups excluding carboxylic acids is 1. The summed E-state index contributed by atoms with van der Waals surface area (Å²) in [5.41, 5.74) is 2.53. The van der Waals surface area contributed by atoms with E-state index in [1.165, 1.54) is 10.9 Å². The number of piperidine rings is 1. The summed E-state index contributed by atoms with van der Waals surface area (Å²) in [7, 11) is 1.70. The van der Waals surface area contributed by atoms with Crippen molar-refractivity contribution < 1.29 is 9.53 Å². The van der Waals surface area contributed by atoms with Gasteiger partial charge in [0.1, 0.15) is 5.75 Å². The lowest BCUT2D eigenvalue weighted by Gasteiger charge is -2.32. The zero-order valence-corrected chi connectivity index (χ0v) is 13.0. The number of likely N-dealkylation sites (tertiary alicyclic amines) is 1. The Morgan fingerprint density at radius 3 is 2.68 bits per heavy atom. The summed E-state index contributed by atoms with van der Waals surface area (Å²) in [5, 5.41) is 1.26. The molecule has 1 aliphatic carbocycles. The number of H-pyrrole nitrogens is 1. The topological polar surface area (TPSA) is 45.3 Å². The van der Waals surface area contributed by atoms with Crippen LogP contribution in [-0.2, 0) is 4.79 Å².